The molecule has 3 N–H and O–H groups in total. The van der Waals surface area contributed by atoms with E-state index < -0.39 is 6.04 Å². The molecule has 0 spiro atoms. The minimum absolute atomic E-state index is 0.145. The minimum Gasteiger partial charge on any atom is -0.383 e. The largest absolute Gasteiger partial charge is 0.383 e. The number of nitrogens with one attached hydrogen (secondary N) is 1. The van der Waals surface area contributed by atoms with Crippen molar-refractivity contribution in [2.45, 2.75) is 13.0 Å². The first-order chi connectivity index (χ1) is 7.15. The van der Waals surface area contributed by atoms with Crippen molar-refractivity contribution in [1.29, 1.82) is 0 Å². The number of carbonyl (C=O) groups excluding carboxylic acids is 1. The summed E-state index contributed by atoms with van der Waals surface area (Å²) in [5.74, 6) is 0.237. The van der Waals surface area contributed by atoms with Gasteiger partial charge in [-0.25, -0.2) is 0 Å². The Morgan fingerprint density at radius 1 is 1.40 bits per heavy atom. The van der Waals surface area contributed by atoms with Gasteiger partial charge < -0.3 is 11.1 Å². The third-order valence-corrected chi connectivity index (χ3v) is 2.03. The van der Waals surface area contributed by atoms with Crippen molar-refractivity contribution in [3.8, 4) is 0 Å². The van der Waals surface area contributed by atoms with Gasteiger partial charge in [-0.05, 0) is 6.92 Å². The van der Waals surface area contributed by atoms with Crippen molar-refractivity contribution in [3.63, 3.8) is 0 Å². The Bertz CT molecular complexity index is 359. The van der Waals surface area contributed by atoms with Crippen LogP contribution in [0.2, 0.25) is 0 Å². The molecule has 4 nitrogen and oxygen atoms in total. The highest BCUT2D eigenvalue weighted by Gasteiger charge is 2.09. The lowest BCUT2D eigenvalue weighted by Gasteiger charge is -2.06. The van der Waals surface area contributed by atoms with Crippen molar-refractivity contribution in [1.82, 2.24) is 5.32 Å². The Hall–Kier alpha value is -1.84. The van der Waals surface area contributed by atoms with Gasteiger partial charge in [0, 0.05) is 12.6 Å². The molecular weight excluding hydrogens is 190 g/mol. The summed E-state index contributed by atoms with van der Waals surface area (Å²) in [5, 5.41) is 2.52. The molecule has 1 rings (SSSR count). The summed E-state index contributed by atoms with van der Waals surface area (Å²) in [6.45, 7) is 1.70. The van der Waals surface area contributed by atoms with E-state index in [1.807, 2.05) is 30.3 Å². The topological polar surface area (TPSA) is 67.5 Å². The quantitative estimate of drug-likeness (QED) is 0.558. The summed E-state index contributed by atoms with van der Waals surface area (Å²) < 4.78 is 0. The molecule has 1 aromatic rings. The van der Waals surface area contributed by atoms with Gasteiger partial charge >= 0.3 is 0 Å². The fraction of sp³-hybridized carbons (Fsp3) is 0.273. The molecule has 4 heteroatoms. The lowest BCUT2D eigenvalue weighted by molar-refractivity contribution is -0.121. The second-order valence-corrected chi connectivity index (χ2v) is 3.17. The molecule has 0 aliphatic rings. The number of nitrogens with zero attached hydrogens (tertiary/aromatic N) is 1. The van der Waals surface area contributed by atoms with Crippen molar-refractivity contribution in [3.05, 3.63) is 35.9 Å². The number of hydrogen-bond donors (Lipinski definition) is 2. The lowest BCUT2D eigenvalue weighted by Crippen LogP contribution is -2.30. The van der Waals surface area contributed by atoms with Crippen molar-refractivity contribution in [2.24, 2.45) is 10.7 Å². The third kappa shape index (κ3) is 3.09. The van der Waals surface area contributed by atoms with E-state index in [0.29, 0.717) is 5.84 Å². The van der Waals surface area contributed by atoms with Crippen molar-refractivity contribution in [2.75, 3.05) is 7.05 Å². The number of benzene rings is 1. The molecule has 1 unspecified atom stereocenters. The summed E-state index contributed by atoms with van der Waals surface area (Å²) in [7, 11) is 1.58. The summed E-state index contributed by atoms with van der Waals surface area (Å²) >= 11 is 0. The number of aliphatic imine (C=N–C) groups is 1. The van der Waals surface area contributed by atoms with Gasteiger partial charge in [-0.2, -0.15) is 0 Å². The molecule has 0 heterocycles. The molecule has 0 aromatic heterocycles. The number of nitrogens with two attached hydrogens (primary N) is 1. The number of likely N-dealkylation sites (N-methyl/N-ethyl adjacent to an activating group) is 1. The van der Waals surface area contributed by atoms with E-state index in [1.165, 1.54) is 0 Å². The van der Waals surface area contributed by atoms with Crippen LogP contribution < -0.4 is 11.1 Å². The second-order valence-electron chi connectivity index (χ2n) is 3.17. The number of amides is 1. The first kappa shape index (κ1) is 11.2. The Morgan fingerprint density at radius 2 is 2.00 bits per heavy atom. The molecular formula is C11H15N3O. The summed E-state index contributed by atoms with van der Waals surface area (Å²) in [4.78, 5) is 15.3. The highest BCUT2D eigenvalue weighted by molar-refractivity contribution is 5.99. The first-order valence-corrected chi connectivity index (χ1v) is 4.75. The standard InChI is InChI=1S/C11H15N3O/c1-8(11(15)13-2)14-10(12)9-6-4-3-5-7-9/h3-8H,1-2H3,(H2,12,14)(H,13,15). The Kier molecular flexibility index (Phi) is 3.85. The van der Waals surface area contributed by atoms with E-state index in [1.54, 1.807) is 14.0 Å². The summed E-state index contributed by atoms with van der Waals surface area (Å²) in [5.41, 5.74) is 6.59. The van der Waals surface area contributed by atoms with Crippen LogP contribution in [0.5, 0.6) is 0 Å². The van der Waals surface area contributed by atoms with Crippen LogP contribution in [0.15, 0.2) is 35.3 Å². The smallest absolute Gasteiger partial charge is 0.244 e. The number of rotatable bonds is 3. The van der Waals surface area contributed by atoms with Crippen LogP contribution in [0.3, 0.4) is 0 Å². The predicted octanol–water partition coefficient (Wildman–Crippen LogP) is 0.526. The minimum atomic E-state index is -0.463. The first-order valence-electron chi connectivity index (χ1n) is 4.75. The number of carbonyl (C=O) groups is 1. The number of hydrogen-bond acceptors (Lipinski definition) is 2. The fourth-order valence-corrected chi connectivity index (χ4v) is 1.16. The predicted molar refractivity (Wildman–Crippen MR) is 60.7 cm³/mol. The molecule has 0 fully saturated rings. The highest BCUT2D eigenvalue weighted by atomic mass is 16.2. The van der Waals surface area contributed by atoms with Crippen LogP contribution >= 0.6 is 0 Å². The summed E-state index contributed by atoms with van der Waals surface area (Å²) in [6, 6.07) is 8.91. The molecule has 1 aromatic carbocycles. The van der Waals surface area contributed by atoms with Crippen LogP contribution in [-0.2, 0) is 4.79 Å². The molecule has 0 saturated carbocycles. The van der Waals surface area contributed by atoms with Crippen molar-refractivity contribution < 1.29 is 4.79 Å². The van der Waals surface area contributed by atoms with E-state index >= 15 is 0 Å². The maximum Gasteiger partial charge on any atom is 0.244 e. The normalized spacial score (nSPS) is 13.3. The van der Waals surface area contributed by atoms with Crippen LogP contribution in [0.1, 0.15) is 12.5 Å². The zero-order valence-electron chi connectivity index (χ0n) is 8.90. The van der Waals surface area contributed by atoms with E-state index in [2.05, 4.69) is 10.3 Å². The SMILES string of the molecule is CNC(=O)C(C)N=C(N)c1ccccc1. The van der Waals surface area contributed by atoms with E-state index in [9.17, 15) is 4.79 Å². The molecule has 1 atom stereocenters. The summed E-state index contributed by atoms with van der Waals surface area (Å²) in [6.07, 6.45) is 0. The zero-order valence-corrected chi connectivity index (χ0v) is 8.90. The molecule has 15 heavy (non-hydrogen) atoms. The molecule has 80 valence electrons. The van der Waals surface area contributed by atoms with E-state index in [-0.39, 0.29) is 5.91 Å². The van der Waals surface area contributed by atoms with Gasteiger partial charge in [0.2, 0.25) is 5.91 Å². The molecule has 0 aliphatic carbocycles. The van der Waals surface area contributed by atoms with Crippen LogP contribution in [0, 0.1) is 0 Å². The number of amidine groups is 1. The maximum atomic E-state index is 11.2. The van der Waals surface area contributed by atoms with Gasteiger partial charge in [0.15, 0.2) is 0 Å². The second kappa shape index (κ2) is 5.14. The monoisotopic (exact) mass is 205 g/mol. The molecule has 0 aliphatic heterocycles. The lowest BCUT2D eigenvalue weighted by atomic mass is 10.2. The zero-order chi connectivity index (χ0) is 11.3. The highest BCUT2D eigenvalue weighted by Crippen LogP contribution is 1.99. The van der Waals surface area contributed by atoms with Gasteiger partial charge in [0.1, 0.15) is 11.9 Å². The molecule has 0 saturated heterocycles. The molecule has 1 amide bonds. The van der Waals surface area contributed by atoms with Crippen LogP contribution in [-0.4, -0.2) is 24.8 Å². The molecule has 0 radical (unpaired) electrons. The Morgan fingerprint density at radius 3 is 2.53 bits per heavy atom. The van der Waals surface area contributed by atoms with Gasteiger partial charge in [-0.1, -0.05) is 30.3 Å². The van der Waals surface area contributed by atoms with E-state index in [0.717, 1.165) is 5.56 Å². The van der Waals surface area contributed by atoms with Gasteiger partial charge in [0.05, 0.1) is 0 Å². The van der Waals surface area contributed by atoms with Gasteiger partial charge in [0.25, 0.3) is 0 Å². The van der Waals surface area contributed by atoms with Crippen LogP contribution in [0.25, 0.3) is 0 Å². The van der Waals surface area contributed by atoms with E-state index in [4.69, 9.17) is 5.73 Å². The van der Waals surface area contributed by atoms with Gasteiger partial charge in [-0.3, -0.25) is 9.79 Å². The Labute approximate surface area is 89.2 Å². The van der Waals surface area contributed by atoms with Gasteiger partial charge in [-0.15, -0.1) is 0 Å². The Balaban J connectivity index is 2.80. The van der Waals surface area contributed by atoms with Crippen molar-refractivity contribution >= 4 is 11.7 Å². The fourth-order valence-electron chi connectivity index (χ4n) is 1.16. The third-order valence-electron chi connectivity index (χ3n) is 2.03. The average molecular weight is 205 g/mol. The van der Waals surface area contributed by atoms with Crippen LogP contribution in [0.4, 0.5) is 0 Å². The molecule has 0 bridgehead atoms. The average Bonchev–Trinajstić information content (AvgIpc) is 2.29. The maximum absolute atomic E-state index is 11.2.